The molecule has 214 valence electrons. The van der Waals surface area contributed by atoms with E-state index >= 15 is 0 Å². The minimum Gasteiger partial charge on any atom is -0.421 e. The van der Waals surface area contributed by atoms with E-state index in [0.29, 0.717) is 37.0 Å². The third-order valence-corrected chi connectivity index (χ3v) is 7.32. The number of alkyl halides is 3. The minimum absolute atomic E-state index is 0.0298. The fourth-order valence-corrected chi connectivity index (χ4v) is 5.70. The van der Waals surface area contributed by atoms with Gasteiger partial charge in [0.05, 0.1) is 32.9 Å². The smallest absolute Gasteiger partial charge is 0.416 e. The topological polar surface area (TPSA) is 107 Å². The molecule has 0 radical (unpaired) electrons. The predicted molar refractivity (Wildman–Crippen MR) is 162 cm³/mol. The molecule has 1 heterocycles. The predicted octanol–water partition coefficient (Wildman–Crippen LogP) is 8.23. The Morgan fingerprint density at radius 1 is 0.977 bits per heavy atom. The minimum atomic E-state index is -4.63. The van der Waals surface area contributed by atoms with Gasteiger partial charge in [-0.05, 0) is 57.9 Å². The molecule has 4 aromatic carbocycles. The second kappa shape index (κ2) is 12.2. The molecule has 0 saturated heterocycles. The molecule has 0 fully saturated rings. The Morgan fingerprint density at radius 2 is 1.72 bits per heavy atom. The lowest BCUT2D eigenvalue weighted by molar-refractivity contribution is -0.137. The second-order valence-electron chi connectivity index (χ2n) is 9.05. The van der Waals surface area contributed by atoms with Crippen LogP contribution in [0.1, 0.15) is 37.5 Å². The Morgan fingerprint density at radius 3 is 2.44 bits per heavy atom. The molecule has 1 aromatic heterocycles. The van der Waals surface area contributed by atoms with Crippen molar-refractivity contribution in [3.8, 4) is 22.9 Å². The molecule has 0 saturated carbocycles. The van der Waals surface area contributed by atoms with Crippen molar-refractivity contribution >= 4 is 60.9 Å². The fourth-order valence-electron chi connectivity index (χ4n) is 4.36. The summed E-state index contributed by atoms with van der Waals surface area (Å²) in [5, 5.41) is 14.3. The van der Waals surface area contributed by atoms with Gasteiger partial charge in [-0.2, -0.15) is 23.5 Å². The molecule has 2 N–H and O–H groups in total. The van der Waals surface area contributed by atoms with E-state index in [1.807, 2.05) is 30.3 Å². The largest absolute Gasteiger partial charge is 0.421 e. The van der Waals surface area contributed by atoms with E-state index in [2.05, 4.69) is 53.4 Å². The molecule has 0 bridgehead atoms. The average Bonchev–Trinajstić information content (AvgIpc) is 3.39. The van der Waals surface area contributed by atoms with Crippen LogP contribution in [0.15, 0.2) is 99.0 Å². The summed E-state index contributed by atoms with van der Waals surface area (Å²) in [5.41, 5.74) is 3.76. The number of nitrogens with zero attached hydrogens (tertiary/aromatic N) is 2. The van der Waals surface area contributed by atoms with Crippen LogP contribution in [0.2, 0.25) is 0 Å². The first kappa shape index (κ1) is 29.8. The first-order valence-electron chi connectivity index (χ1n) is 12.4. The third-order valence-electron chi connectivity index (χ3n) is 6.27. The monoisotopic (exact) mass is 708 g/mol. The van der Waals surface area contributed by atoms with Crippen molar-refractivity contribution < 1.29 is 27.5 Å². The molecule has 5 aromatic rings. The number of hydrogen-bond acceptors (Lipinski definition) is 5. The Balaban J connectivity index is 1.45. The Kier molecular flexibility index (Phi) is 8.47. The third kappa shape index (κ3) is 6.38. The number of aromatic nitrogens is 1. The Hall–Kier alpha value is -4.73. The van der Waals surface area contributed by atoms with Gasteiger partial charge in [-0.15, -0.1) is 0 Å². The molecule has 0 aliphatic carbocycles. The van der Waals surface area contributed by atoms with Crippen LogP contribution < -0.4 is 10.2 Å². The highest BCUT2D eigenvalue weighted by Crippen LogP contribution is 2.35. The molecular weight excluding hydrogens is 693 g/mol. The molecule has 5 rings (SSSR count). The molecule has 0 spiro atoms. The molecule has 0 atom stereocenters. The highest BCUT2D eigenvalue weighted by atomic mass is 79.9. The number of halogens is 5. The number of nitriles is 1. The summed E-state index contributed by atoms with van der Waals surface area (Å²) in [6.07, 6.45) is -3.40. The van der Waals surface area contributed by atoms with E-state index in [0.717, 1.165) is 17.7 Å². The number of carbonyl (C=O) groups excluding carboxylic acids is 2. The summed E-state index contributed by atoms with van der Waals surface area (Å²) in [6.45, 7) is 0. The van der Waals surface area contributed by atoms with Gasteiger partial charge < -0.3 is 9.72 Å². The maximum absolute atomic E-state index is 13.4. The van der Waals surface area contributed by atoms with Crippen molar-refractivity contribution in [2.45, 2.75) is 6.18 Å². The number of rotatable bonds is 6. The van der Waals surface area contributed by atoms with E-state index in [9.17, 15) is 28.0 Å². The molecule has 12 heteroatoms. The van der Waals surface area contributed by atoms with Crippen LogP contribution in [0.5, 0.6) is 5.75 Å². The van der Waals surface area contributed by atoms with E-state index in [-0.39, 0.29) is 22.6 Å². The number of H-pyrrole nitrogens is 1. The lowest BCUT2D eigenvalue weighted by Crippen LogP contribution is -2.19. The van der Waals surface area contributed by atoms with Crippen LogP contribution in [0, 0.1) is 11.3 Å². The maximum Gasteiger partial charge on any atom is 0.416 e. The molecule has 0 aliphatic rings. The van der Waals surface area contributed by atoms with E-state index in [4.69, 9.17) is 4.74 Å². The van der Waals surface area contributed by atoms with Gasteiger partial charge in [0, 0.05) is 21.0 Å². The van der Waals surface area contributed by atoms with E-state index in [1.54, 1.807) is 30.3 Å². The van der Waals surface area contributed by atoms with Gasteiger partial charge in [0.2, 0.25) is 0 Å². The van der Waals surface area contributed by atoms with Gasteiger partial charge in [0.25, 0.3) is 5.91 Å². The van der Waals surface area contributed by atoms with Crippen LogP contribution in [0.3, 0.4) is 0 Å². The van der Waals surface area contributed by atoms with Crippen molar-refractivity contribution in [2.75, 3.05) is 0 Å². The SMILES string of the molecule is N#Cc1cccc2c(-c3ccccc3)c(C(=O)NN=Cc3cc(Br)cc(Br)c3OC(=O)c3cccc(C(F)(F)F)c3)[nH]c12. The van der Waals surface area contributed by atoms with Gasteiger partial charge in [-0.25, -0.2) is 10.2 Å². The average molecular weight is 710 g/mol. The van der Waals surface area contributed by atoms with Crippen molar-refractivity contribution in [2.24, 2.45) is 5.10 Å². The molecule has 1 amide bonds. The number of benzene rings is 4. The number of nitrogens with one attached hydrogen (secondary N) is 2. The molecule has 0 aliphatic heterocycles. The Labute approximate surface area is 259 Å². The number of hydrazone groups is 1. The number of para-hydroxylation sites is 1. The summed E-state index contributed by atoms with van der Waals surface area (Å²) < 4.78 is 45.8. The zero-order chi connectivity index (χ0) is 30.7. The van der Waals surface area contributed by atoms with Crippen molar-refractivity contribution in [1.82, 2.24) is 10.4 Å². The second-order valence-corrected chi connectivity index (χ2v) is 10.8. The summed E-state index contributed by atoms with van der Waals surface area (Å²) in [5.74, 6) is -1.66. The summed E-state index contributed by atoms with van der Waals surface area (Å²) >= 11 is 6.64. The van der Waals surface area contributed by atoms with Gasteiger partial charge in [-0.1, -0.05) is 64.5 Å². The lowest BCUT2D eigenvalue weighted by atomic mass is 10.0. The highest BCUT2D eigenvalue weighted by Gasteiger charge is 2.31. The van der Waals surface area contributed by atoms with Crippen molar-refractivity contribution in [1.29, 1.82) is 5.26 Å². The fraction of sp³-hybridized carbons (Fsp3) is 0.0323. The van der Waals surface area contributed by atoms with Crippen LogP contribution in [0.4, 0.5) is 13.2 Å². The molecule has 0 unspecified atom stereocenters. The van der Waals surface area contributed by atoms with Gasteiger partial charge in [0.15, 0.2) is 5.75 Å². The van der Waals surface area contributed by atoms with Crippen LogP contribution in [0.25, 0.3) is 22.0 Å². The standard InChI is InChI=1S/C31H17Br2F3N4O3/c32-22-13-20(28(24(33)14-22)43-30(42)18-8-4-10-21(12-18)31(34,35)36)16-38-40-29(41)27-25(17-6-2-1-3-7-17)23-11-5-9-19(15-37)26(23)39-27/h1-14,16,39H,(H,40,41). The number of carbonyl (C=O) groups is 2. The van der Waals surface area contributed by atoms with Crippen LogP contribution >= 0.6 is 31.9 Å². The lowest BCUT2D eigenvalue weighted by Gasteiger charge is -2.12. The number of amides is 1. The van der Waals surface area contributed by atoms with E-state index in [1.165, 1.54) is 12.3 Å². The number of fused-ring (bicyclic) bond motifs is 1. The summed E-state index contributed by atoms with van der Waals surface area (Å²) in [7, 11) is 0. The molecule has 43 heavy (non-hydrogen) atoms. The molecule has 7 nitrogen and oxygen atoms in total. The van der Waals surface area contributed by atoms with Crippen molar-refractivity contribution in [3.63, 3.8) is 0 Å². The number of hydrogen-bond donors (Lipinski definition) is 2. The normalized spacial score (nSPS) is 11.4. The summed E-state index contributed by atoms with van der Waals surface area (Å²) in [4.78, 5) is 29.2. The Bertz CT molecular complexity index is 1950. The molecular formula is C31H17Br2F3N4O3. The zero-order valence-corrected chi connectivity index (χ0v) is 24.8. The summed E-state index contributed by atoms with van der Waals surface area (Å²) in [6, 6.07) is 23.5. The van der Waals surface area contributed by atoms with Gasteiger partial charge >= 0.3 is 12.1 Å². The first-order valence-corrected chi connectivity index (χ1v) is 14.0. The van der Waals surface area contributed by atoms with Crippen molar-refractivity contribution in [3.05, 3.63) is 122 Å². The van der Waals surface area contributed by atoms with Crippen LogP contribution in [-0.4, -0.2) is 23.1 Å². The first-order chi connectivity index (χ1) is 20.6. The van der Waals surface area contributed by atoms with E-state index < -0.39 is 23.6 Å². The van der Waals surface area contributed by atoms with Gasteiger partial charge in [-0.3, -0.25) is 4.79 Å². The highest BCUT2D eigenvalue weighted by molar-refractivity contribution is 9.11. The number of aromatic amines is 1. The maximum atomic E-state index is 13.4. The number of esters is 1. The number of ether oxygens (including phenoxy) is 1. The van der Waals surface area contributed by atoms with Gasteiger partial charge in [0.1, 0.15) is 11.8 Å². The quantitative estimate of drug-likeness (QED) is 0.0802. The van der Waals surface area contributed by atoms with Crippen LogP contribution in [-0.2, 0) is 6.18 Å². The zero-order valence-electron chi connectivity index (χ0n) is 21.7.